The van der Waals surface area contributed by atoms with Gasteiger partial charge in [0.1, 0.15) is 17.1 Å². The standard InChI is InChI=1S/C12H9ClF4N4O3/c13-4-5(22)24-3-1-2-19-12(23)6-7(14)9(16)11(20-21-18)10(17)8(6)15/h1-4H2,(H,19,23). The molecule has 0 aliphatic rings. The predicted molar refractivity (Wildman–Crippen MR) is 73.7 cm³/mol. The molecular weight excluding hydrogens is 360 g/mol. The molecule has 0 bridgehead atoms. The Morgan fingerprint density at radius 3 is 2.25 bits per heavy atom. The normalized spacial score (nSPS) is 10.0. The Kier molecular flexibility index (Phi) is 7.28. The molecule has 1 N–H and O–H groups in total. The highest BCUT2D eigenvalue weighted by atomic mass is 35.5. The summed E-state index contributed by atoms with van der Waals surface area (Å²) in [5, 5.41) is 4.50. The molecule has 0 fully saturated rings. The van der Waals surface area contributed by atoms with Crippen molar-refractivity contribution in [2.75, 3.05) is 19.0 Å². The van der Waals surface area contributed by atoms with E-state index < -0.39 is 46.4 Å². The molecule has 1 aromatic rings. The Balaban J connectivity index is 2.85. The summed E-state index contributed by atoms with van der Waals surface area (Å²) in [6.45, 7) is -0.329. The molecule has 0 saturated carbocycles. The minimum atomic E-state index is -2.00. The van der Waals surface area contributed by atoms with E-state index in [1.54, 1.807) is 0 Å². The van der Waals surface area contributed by atoms with Crippen LogP contribution >= 0.6 is 11.6 Å². The molecule has 0 heterocycles. The number of amides is 1. The van der Waals surface area contributed by atoms with Crippen LogP contribution < -0.4 is 5.32 Å². The first-order valence-corrected chi connectivity index (χ1v) is 6.79. The largest absolute Gasteiger partial charge is 0.465 e. The highest BCUT2D eigenvalue weighted by molar-refractivity contribution is 6.26. The van der Waals surface area contributed by atoms with Crippen LogP contribution in [0.15, 0.2) is 5.11 Å². The Bertz CT molecular complexity index is 681. The van der Waals surface area contributed by atoms with Gasteiger partial charge in [-0.3, -0.25) is 9.59 Å². The van der Waals surface area contributed by atoms with Crippen LogP contribution in [-0.4, -0.2) is 30.9 Å². The van der Waals surface area contributed by atoms with Crippen LogP contribution in [0.25, 0.3) is 10.4 Å². The van der Waals surface area contributed by atoms with Crippen molar-refractivity contribution in [1.29, 1.82) is 0 Å². The first-order chi connectivity index (χ1) is 11.3. The lowest BCUT2D eigenvalue weighted by molar-refractivity contribution is -0.140. The molecular formula is C12H9ClF4N4O3. The molecule has 0 aliphatic heterocycles. The van der Waals surface area contributed by atoms with Gasteiger partial charge in [0.15, 0.2) is 23.3 Å². The second-order valence-electron chi connectivity index (χ2n) is 4.13. The van der Waals surface area contributed by atoms with E-state index in [9.17, 15) is 27.2 Å². The van der Waals surface area contributed by atoms with Gasteiger partial charge in [0, 0.05) is 11.5 Å². The van der Waals surface area contributed by atoms with E-state index in [4.69, 9.17) is 17.1 Å². The van der Waals surface area contributed by atoms with Crippen LogP contribution in [0.1, 0.15) is 16.8 Å². The molecule has 0 unspecified atom stereocenters. The van der Waals surface area contributed by atoms with Crippen LogP contribution in [0, 0.1) is 23.3 Å². The highest BCUT2D eigenvalue weighted by Gasteiger charge is 2.28. The van der Waals surface area contributed by atoms with Crippen molar-refractivity contribution in [1.82, 2.24) is 5.32 Å². The van der Waals surface area contributed by atoms with Gasteiger partial charge >= 0.3 is 5.97 Å². The smallest absolute Gasteiger partial charge is 0.320 e. The van der Waals surface area contributed by atoms with E-state index in [0.717, 1.165) is 0 Å². The first-order valence-electron chi connectivity index (χ1n) is 6.25. The minimum absolute atomic E-state index is 0.0688. The summed E-state index contributed by atoms with van der Waals surface area (Å²) >= 11 is 5.17. The summed E-state index contributed by atoms with van der Waals surface area (Å²) in [5.41, 5.74) is 5.09. The number of hydrogen-bond acceptors (Lipinski definition) is 4. The predicted octanol–water partition coefficient (Wildman–Crippen LogP) is 3.09. The number of azide groups is 1. The van der Waals surface area contributed by atoms with Gasteiger partial charge in [-0.15, -0.1) is 11.6 Å². The molecule has 1 aromatic carbocycles. The molecule has 7 nitrogen and oxygen atoms in total. The molecule has 0 aromatic heterocycles. The third kappa shape index (κ3) is 4.49. The fourth-order valence-corrected chi connectivity index (χ4v) is 1.62. The zero-order valence-electron chi connectivity index (χ0n) is 11.8. The number of nitrogens with one attached hydrogen (secondary N) is 1. The number of carbonyl (C=O) groups is 2. The number of benzene rings is 1. The number of halogens is 5. The molecule has 1 rings (SSSR count). The maximum absolute atomic E-state index is 13.7. The van der Waals surface area contributed by atoms with Gasteiger partial charge in [0.25, 0.3) is 5.91 Å². The van der Waals surface area contributed by atoms with Crippen molar-refractivity contribution < 1.29 is 31.9 Å². The average molecular weight is 369 g/mol. The zero-order valence-corrected chi connectivity index (χ0v) is 12.5. The topological polar surface area (TPSA) is 104 Å². The van der Waals surface area contributed by atoms with E-state index in [2.05, 4.69) is 9.85 Å². The van der Waals surface area contributed by atoms with Crippen LogP contribution in [0.5, 0.6) is 0 Å². The van der Waals surface area contributed by atoms with Crippen LogP contribution in [0.3, 0.4) is 0 Å². The number of alkyl halides is 1. The lowest BCUT2D eigenvalue weighted by Gasteiger charge is -2.10. The van der Waals surface area contributed by atoms with Crippen LogP contribution in [-0.2, 0) is 9.53 Å². The Morgan fingerprint density at radius 2 is 1.75 bits per heavy atom. The molecule has 130 valence electrons. The van der Waals surface area contributed by atoms with E-state index in [1.807, 2.05) is 10.2 Å². The van der Waals surface area contributed by atoms with Crippen molar-refractivity contribution in [3.63, 3.8) is 0 Å². The average Bonchev–Trinajstić information content (AvgIpc) is 2.56. The van der Waals surface area contributed by atoms with E-state index in [-0.39, 0.29) is 25.5 Å². The molecule has 0 radical (unpaired) electrons. The number of carbonyl (C=O) groups excluding carboxylic acids is 2. The summed E-state index contributed by atoms with van der Waals surface area (Å²) in [5.74, 6) is -10.5. The summed E-state index contributed by atoms with van der Waals surface area (Å²) in [4.78, 5) is 24.4. The van der Waals surface area contributed by atoms with Crippen molar-refractivity contribution >= 4 is 29.2 Å². The number of nitrogens with zero attached hydrogens (tertiary/aromatic N) is 3. The van der Waals surface area contributed by atoms with Gasteiger partial charge in [-0.2, -0.15) is 0 Å². The van der Waals surface area contributed by atoms with Crippen molar-refractivity contribution in [3.05, 3.63) is 39.3 Å². The second-order valence-corrected chi connectivity index (χ2v) is 4.40. The minimum Gasteiger partial charge on any atom is -0.465 e. The number of hydrogen-bond donors (Lipinski definition) is 1. The summed E-state index contributed by atoms with van der Waals surface area (Å²) in [7, 11) is 0. The fraction of sp³-hybridized carbons (Fsp3) is 0.333. The Labute approximate surface area is 137 Å². The summed E-state index contributed by atoms with van der Waals surface area (Å²) in [6.07, 6.45) is 0.0688. The van der Waals surface area contributed by atoms with Crippen molar-refractivity contribution in [2.45, 2.75) is 6.42 Å². The van der Waals surface area contributed by atoms with Gasteiger partial charge in [-0.25, -0.2) is 17.6 Å². The lowest BCUT2D eigenvalue weighted by atomic mass is 10.1. The van der Waals surface area contributed by atoms with E-state index >= 15 is 0 Å². The van der Waals surface area contributed by atoms with Gasteiger partial charge < -0.3 is 10.1 Å². The maximum Gasteiger partial charge on any atom is 0.320 e. The van der Waals surface area contributed by atoms with Crippen molar-refractivity contribution in [3.8, 4) is 0 Å². The fourth-order valence-electron chi connectivity index (χ4n) is 1.54. The number of ether oxygens (including phenoxy) is 1. The lowest BCUT2D eigenvalue weighted by Crippen LogP contribution is -2.28. The Morgan fingerprint density at radius 1 is 1.17 bits per heavy atom. The molecule has 0 atom stereocenters. The van der Waals surface area contributed by atoms with Gasteiger partial charge in [0.2, 0.25) is 0 Å². The monoisotopic (exact) mass is 368 g/mol. The van der Waals surface area contributed by atoms with Crippen LogP contribution in [0.2, 0.25) is 0 Å². The quantitative estimate of drug-likeness (QED) is 0.117. The molecule has 12 heteroatoms. The summed E-state index contributed by atoms with van der Waals surface area (Å²) in [6, 6.07) is 0. The van der Waals surface area contributed by atoms with E-state index in [1.165, 1.54) is 0 Å². The third-order valence-electron chi connectivity index (χ3n) is 2.59. The highest BCUT2D eigenvalue weighted by Crippen LogP contribution is 2.30. The van der Waals surface area contributed by atoms with Gasteiger partial charge in [-0.1, -0.05) is 5.11 Å². The zero-order chi connectivity index (χ0) is 18.3. The molecule has 1 amide bonds. The van der Waals surface area contributed by atoms with Gasteiger partial charge in [0.05, 0.1) is 6.61 Å². The van der Waals surface area contributed by atoms with Crippen molar-refractivity contribution in [2.24, 2.45) is 5.11 Å². The maximum atomic E-state index is 13.7. The number of esters is 1. The molecule has 0 saturated heterocycles. The Hall–Kier alpha value is -2.52. The first kappa shape index (κ1) is 19.5. The second kappa shape index (κ2) is 8.94. The van der Waals surface area contributed by atoms with Gasteiger partial charge in [-0.05, 0) is 12.0 Å². The molecule has 24 heavy (non-hydrogen) atoms. The summed E-state index contributed by atoms with van der Waals surface area (Å²) < 4.78 is 59.0. The molecule has 0 aliphatic carbocycles. The third-order valence-corrected chi connectivity index (χ3v) is 2.81. The van der Waals surface area contributed by atoms with E-state index in [0.29, 0.717) is 0 Å². The molecule has 0 spiro atoms. The van der Waals surface area contributed by atoms with Crippen LogP contribution in [0.4, 0.5) is 23.2 Å². The number of rotatable bonds is 7. The SMILES string of the molecule is [N-]=[N+]=Nc1c(F)c(F)c(C(=O)NCCCOC(=O)CCl)c(F)c1F.